The minimum Gasteiger partial charge on any atom is -0.507 e. The molecular formula is C17H15N5O4S. The van der Waals surface area contributed by atoms with Crippen LogP contribution in [0, 0.1) is 10.1 Å². The standard InChI is InChI=1S/C17H15N5O4S/c1-10(19-17-20-13-4-2-3-5-15(13)27-17)16(24)21-18-9-11-8-12(22(25)26)6-7-14(11)23/h2-10,23H,1H3,(H,19,20)(H,21,24)/b18-9+/t10-/m0/s1. The lowest BCUT2D eigenvalue weighted by Gasteiger charge is -2.10. The van der Waals surface area contributed by atoms with Crippen molar-refractivity contribution >= 4 is 44.5 Å². The Morgan fingerprint density at radius 3 is 2.89 bits per heavy atom. The average molecular weight is 385 g/mol. The number of nitrogens with zero attached hydrogens (tertiary/aromatic N) is 3. The molecule has 1 atom stereocenters. The number of rotatable bonds is 6. The van der Waals surface area contributed by atoms with E-state index in [0.717, 1.165) is 22.5 Å². The van der Waals surface area contributed by atoms with E-state index in [-0.39, 0.29) is 17.0 Å². The van der Waals surface area contributed by atoms with Crippen molar-refractivity contribution in [2.45, 2.75) is 13.0 Å². The van der Waals surface area contributed by atoms with Gasteiger partial charge in [-0.05, 0) is 25.1 Å². The van der Waals surface area contributed by atoms with Crippen LogP contribution in [0.2, 0.25) is 0 Å². The number of aromatic nitrogens is 1. The molecule has 0 spiro atoms. The van der Waals surface area contributed by atoms with Crippen LogP contribution in [0.25, 0.3) is 10.2 Å². The van der Waals surface area contributed by atoms with Gasteiger partial charge in [0, 0.05) is 17.7 Å². The predicted molar refractivity (Wildman–Crippen MR) is 103 cm³/mol. The van der Waals surface area contributed by atoms with Gasteiger partial charge in [0.05, 0.1) is 21.4 Å². The maximum Gasteiger partial charge on any atom is 0.270 e. The van der Waals surface area contributed by atoms with E-state index < -0.39 is 16.9 Å². The lowest BCUT2D eigenvalue weighted by atomic mass is 10.2. The number of anilines is 1. The van der Waals surface area contributed by atoms with E-state index in [4.69, 9.17) is 0 Å². The number of thiazole rings is 1. The van der Waals surface area contributed by atoms with Crippen LogP contribution in [0.3, 0.4) is 0 Å². The summed E-state index contributed by atoms with van der Waals surface area (Å²) in [7, 11) is 0. The largest absolute Gasteiger partial charge is 0.507 e. The number of hydrazone groups is 1. The number of phenols is 1. The van der Waals surface area contributed by atoms with Crippen LogP contribution in [0.15, 0.2) is 47.6 Å². The van der Waals surface area contributed by atoms with E-state index in [1.54, 1.807) is 6.92 Å². The van der Waals surface area contributed by atoms with Crippen LogP contribution < -0.4 is 10.7 Å². The zero-order valence-corrected chi connectivity index (χ0v) is 14.9. The maximum absolute atomic E-state index is 12.1. The van der Waals surface area contributed by atoms with Gasteiger partial charge < -0.3 is 10.4 Å². The number of phenolic OH excluding ortho intramolecular Hbond substituents is 1. The van der Waals surface area contributed by atoms with Crippen molar-refractivity contribution in [3.63, 3.8) is 0 Å². The van der Waals surface area contributed by atoms with Crippen molar-refractivity contribution in [3.05, 3.63) is 58.1 Å². The van der Waals surface area contributed by atoms with E-state index in [1.165, 1.54) is 23.5 Å². The van der Waals surface area contributed by atoms with Crippen LogP contribution in [0.4, 0.5) is 10.8 Å². The van der Waals surface area contributed by atoms with Gasteiger partial charge in [-0.25, -0.2) is 10.4 Å². The zero-order valence-electron chi connectivity index (χ0n) is 14.1. The quantitative estimate of drug-likeness (QED) is 0.340. The second kappa shape index (κ2) is 7.79. The second-order valence-corrected chi connectivity index (χ2v) is 6.62. The molecule has 0 unspecified atom stereocenters. The van der Waals surface area contributed by atoms with E-state index in [0.29, 0.717) is 5.13 Å². The summed E-state index contributed by atoms with van der Waals surface area (Å²) in [6.45, 7) is 1.65. The van der Waals surface area contributed by atoms with Gasteiger partial charge >= 0.3 is 0 Å². The smallest absolute Gasteiger partial charge is 0.270 e. The number of nitro benzene ring substituents is 1. The Balaban J connectivity index is 1.62. The first-order chi connectivity index (χ1) is 12.9. The third-order valence-corrected chi connectivity index (χ3v) is 4.60. The Morgan fingerprint density at radius 1 is 1.37 bits per heavy atom. The third kappa shape index (κ3) is 4.36. The van der Waals surface area contributed by atoms with E-state index in [2.05, 4.69) is 20.8 Å². The molecule has 0 fully saturated rings. The third-order valence-electron chi connectivity index (χ3n) is 3.63. The van der Waals surface area contributed by atoms with Gasteiger partial charge in [0.15, 0.2) is 5.13 Å². The van der Waals surface area contributed by atoms with Gasteiger partial charge in [0.1, 0.15) is 11.8 Å². The monoisotopic (exact) mass is 385 g/mol. The molecule has 0 aliphatic heterocycles. The first-order valence-corrected chi connectivity index (χ1v) is 8.68. The number of carbonyl (C=O) groups is 1. The zero-order chi connectivity index (χ0) is 19.4. The lowest BCUT2D eigenvalue weighted by molar-refractivity contribution is -0.384. The van der Waals surface area contributed by atoms with E-state index >= 15 is 0 Å². The normalized spacial score (nSPS) is 12.2. The number of hydrogen-bond acceptors (Lipinski definition) is 8. The molecule has 3 N–H and O–H groups in total. The summed E-state index contributed by atoms with van der Waals surface area (Å²) in [5.41, 5.74) is 3.10. The SMILES string of the molecule is C[C@H](Nc1nc2ccccc2s1)C(=O)N/N=C/c1cc([N+](=O)[O-])ccc1O. The highest BCUT2D eigenvalue weighted by atomic mass is 32.1. The van der Waals surface area contributed by atoms with Gasteiger partial charge in [-0.2, -0.15) is 5.10 Å². The Morgan fingerprint density at radius 2 is 2.15 bits per heavy atom. The van der Waals surface area contributed by atoms with Crippen LogP contribution in [-0.4, -0.2) is 33.2 Å². The van der Waals surface area contributed by atoms with Gasteiger partial charge in [0.2, 0.25) is 0 Å². The van der Waals surface area contributed by atoms with Gasteiger partial charge in [-0.1, -0.05) is 23.5 Å². The van der Waals surface area contributed by atoms with Crippen molar-refractivity contribution in [3.8, 4) is 5.75 Å². The fourth-order valence-electron chi connectivity index (χ4n) is 2.21. The number of nitro groups is 1. The van der Waals surface area contributed by atoms with E-state index in [9.17, 15) is 20.0 Å². The summed E-state index contributed by atoms with van der Waals surface area (Å²) in [5, 5.41) is 27.8. The molecule has 1 heterocycles. The highest BCUT2D eigenvalue weighted by molar-refractivity contribution is 7.22. The molecular weight excluding hydrogens is 370 g/mol. The number of carbonyl (C=O) groups excluding carboxylic acids is 1. The van der Waals surface area contributed by atoms with Crippen molar-refractivity contribution < 1.29 is 14.8 Å². The number of nitrogens with one attached hydrogen (secondary N) is 2. The fraction of sp³-hybridized carbons (Fsp3) is 0.118. The van der Waals surface area contributed by atoms with E-state index in [1.807, 2.05) is 24.3 Å². The highest BCUT2D eigenvalue weighted by Gasteiger charge is 2.14. The van der Waals surface area contributed by atoms with Gasteiger partial charge in [-0.15, -0.1) is 0 Å². The Kier molecular flexibility index (Phi) is 5.27. The molecule has 27 heavy (non-hydrogen) atoms. The second-order valence-electron chi connectivity index (χ2n) is 5.59. The Bertz CT molecular complexity index is 1000. The molecule has 0 saturated heterocycles. The van der Waals surface area contributed by atoms with Gasteiger partial charge in [0.25, 0.3) is 11.6 Å². The summed E-state index contributed by atoms with van der Waals surface area (Å²) in [5.74, 6) is -0.602. The van der Waals surface area contributed by atoms with Crippen LogP contribution >= 0.6 is 11.3 Å². The summed E-state index contributed by atoms with van der Waals surface area (Å²) in [6.07, 6.45) is 1.14. The highest BCUT2D eigenvalue weighted by Crippen LogP contribution is 2.25. The molecule has 0 bridgehead atoms. The number of aromatic hydroxyl groups is 1. The Hall–Kier alpha value is -3.53. The lowest BCUT2D eigenvalue weighted by Crippen LogP contribution is -2.34. The number of fused-ring (bicyclic) bond motifs is 1. The molecule has 3 rings (SSSR count). The number of para-hydroxylation sites is 1. The molecule has 0 saturated carbocycles. The fourth-order valence-corrected chi connectivity index (χ4v) is 3.16. The van der Waals surface area contributed by atoms with Crippen LogP contribution in [0.5, 0.6) is 5.75 Å². The first kappa shape index (κ1) is 18.3. The predicted octanol–water partition coefficient (Wildman–Crippen LogP) is 2.86. The topological polar surface area (TPSA) is 130 Å². The average Bonchev–Trinajstić information content (AvgIpc) is 3.05. The first-order valence-electron chi connectivity index (χ1n) is 7.86. The van der Waals surface area contributed by atoms with Crippen molar-refractivity contribution in [2.75, 3.05) is 5.32 Å². The maximum atomic E-state index is 12.1. The molecule has 2 aromatic carbocycles. The summed E-state index contributed by atoms with van der Waals surface area (Å²) in [6, 6.07) is 10.6. The van der Waals surface area contributed by atoms with Gasteiger partial charge in [-0.3, -0.25) is 14.9 Å². The number of hydrogen-bond donors (Lipinski definition) is 3. The molecule has 0 aliphatic carbocycles. The van der Waals surface area contributed by atoms with Crippen molar-refractivity contribution in [1.82, 2.24) is 10.4 Å². The Labute approximate surface area is 157 Å². The molecule has 1 aromatic heterocycles. The molecule has 1 amide bonds. The van der Waals surface area contributed by atoms with Crippen LogP contribution in [-0.2, 0) is 4.79 Å². The molecule has 138 valence electrons. The minimum atomic E-state index is -0.610. The molecule has 3 aromatic rings. The molecule has 0 aliphatic rings. The van der Waals surface area contributed by atoms with Crippen molar-refractivity contribution in [1.29, 1.82) is 0 Å². The number of non-ortho nitro benzene ring substituents is 1. The number of benzene rings is 2. The van der Waals surface area contributed by atoms with Crippen LogP contribution in [0.1, 0.15) is 12.5 Å². The minimum absolute atomic E-state index is 0.122. The molecule has 0 radical (unpaired) electrons. The summed E-state index contributed by atoms with van der Waals surface area (Å²) < 4.78 is 1.01. The molecule has 10 heteroatoms. The summed E-state index contributed by atoms with van der Waals surface area (Å²) >= 11 is 1.43. The number of amides is 1. The van der Waals surface area contributed by atoms with Crippen molar-refractivity contribution in [2.24, 2.45) is 5.10 Å². The molecule has 9 nitrogen and oxygen atoms in total. The summed E-state index contributed by atoms with van der Waals surface area (Å²) in [4.78, 5) is 26.7.